The maximum absolute atomic E-state index is 12.4. The van der Waals surface area contributed by atoms with Crippen LogP contribution in [0.15, 0.2) is 71.7 Å². The fourth-order valence-electron chi connectivity index (χ4n) is 2.43. The fraction of sp³-hybridized carbons (Fsp3) is 0.0526. The first-order valence-electron chi connectivity index (χ1n) is 7.12. The van der Waals surface area contributed by atoms with Crippen molar-refractivity contribution in [2.45, 2.75) is 6.54 Å². The van der Waals surface area contributed by atoms with Crippen LogP contribution in [0.25, 0.3) is 11.1 Å². The molecule has 0 fully saturated rings. The number of hydrogen-bond acceptors (Lipinski definition) is 2. The van der Waals surface area contributed by atoms with Gasteiger partial charge in [0.25, 0.3) is 5.56 Å². The summed E-state index contributed by atoms with van der Waals surface area (Å²) < 4.78 is 1.55. The highest BCUT2D eigenvalue weighted by Gasteiger charge is 2.09. The van der Waals surface area contributed by atoms with Gasteiger partial charge in [0, 0.05) is 22.8 Å². The van der Waals surface area contributed by atoms with Gasteiger partial charge in [-0.05, 0) is 23.3 Å². The number of halogens is 1. The zero-order valence-electron chi connectivity index (χ0n) is 12.2. The summed E-state index contributed by atoms with van der Waals surface area (Å²) in [5, 5.41) is 10.0. The van der Waals surface area contributed by atoms with E-state index >= 15 is 0 Å². The minimum absolute atomic E-state index is 0.141. The van der Waals surface area contributed by atoms with Gasteiger partial charge in [-0.25, -0.2) is 0 Å². The molecule has 0 amide bonds. The smallest absolute Gasteiger partial charge is 0.251 e. The van der Waals surface area contributed by atoms with Crippen molar-refractivity contribution in [3.05, 3.63) is 93.4 Å². The van der Waals surface area contributed by atoms with Gasteiger partial charge < -0.3 is 4.57 Å². The van der Waals surface area contributed by atoms with Crippen LogP contribution >= 0.6 is 11.6 Å². The van der Waals surface area contributed by atoms with Crippen molar-refractivity contribution in [1.29, 1.82) is 5.26 Å². The van der Waals surface area contributed by atoms with Crippen LogP contribution in [0.3, 0.4) is 0 Å². The lowest BCUT2D eigenvalue weighted by atomic mass is 10.0. The molecule has 0 aliphatic heterocycles. The summed E-state index contributed by atoms with van der Waals surface area (Å²) in [5.74, 6) is 0. The van der Waals surface area contributed by atoms with Crippen LogP contribution in [0.1, 0.15) is 11.1 Å². The van der Waals surface area contributed by atoms with Gasteiger partial charge in [0.05, 0.1) is 12.1 Å². The molecule has 0 N–H and O–H groups in total. The Morgan fingerprint density at radius 3 is 2.39 bits per heavy atom. The van der Waals surface area contributed by atoms with Crippen molar-refractivity contribution in [2.24, 2.45) is 0 Å². The summed E-state index contributed by atoms with van der Waals surface area (Å²) in [6.07, 6.45) is 1.61. The third-order valence-electron chi connectivity index (χ3n) is 3.60. The van der Waals surface area contributed by atoms with E-state index in [1.54, 1.807) is 35.0 Å². The second-order valence-corrected chi connectivity index (χ2v) is 5.61. The normalized spacial score (nSPS) is 10.3. The Morgan fingerprint density at radius 1 is 1.04 bits per heavy atom. The van der Waals surface area contributed by atoms with E-state index < -0.39 is 0 Å². The summed E-state index contributed by atoms with van der Waals surface area (Å²) >= 11 is 5.89. The molecule has 4 heteroatoms. The number of nitrogens with zero attached hydrogens (tertiary/aromatic N) is 2. The largest absolute Gasteiger partial charge is 0.310 e. The van der Waals surface area contributed by atoms with Gasteiger partial charge in [-0.1, -0.05) is 54.1 Å². The second kappa shape index (κ2) is 6.51. The highest BCUT2D eigenvalue weighted by Crippen LogP contribution is 2.23. The standard InChI is InChI=1S/C19H13ClN2O/c20-17-8-6-15(7-9-17)18-10-19(23)22(13-16(18)11-21)12-14-4-2-1-3-5-14/h1-10,13H,12H2. The first kappa shape index (κ1) is 15.1. The molecule has 1 aromatic heterocycles. The molecule has 3 aromatic rings. The zero-order chi connectivity index (χ0) is 16.2. The summed E-state index contributed by atoms with van der Waals surface area (Å²) in [6.45, 7) is 0.440. The number of benzene rings is 2. The minimum Gasteiger partial charge on any atom is -0.310 e. The van der Waals surface area contributed by atoms with Gasteiger partial charge in [-0.3, -0.25) is 4.79 Å². The molecule has 0 spiro atoms. The SMILES string of the molecule is N#Cc1cn(Cc2ccccc2)c(=O)cc1-c1ccc(Cl)cc1. The molecular formula is C19H13ClN2O. The Hall–Kier alpha value is -2.83. The predicted molar refractivity (Wildman–Crippen MR) is 91.4 cm³/mol. The van der Waals surface area contributed by atoms with E-state index in [2.05, 4.69) is 6.07 Å². The lowest BCUT2D eigenvalue weighted by Crippen LogP contribution is -2.20. The predicted octanol–water partition coefficient (Wildman–Crippen LogP) is 4.09. The van der Waals surface area contributed by atoms with Crippen molar-refractivity contribution in [3.8, 4) is 17.2 Å². The molecule has 0 saturated heterocycles. The molecule has 1 heterocycles. The molecule has 0 bridgehead atoms. The molecule has 0 aliphatic rings. The molecule has 23 heavy (non-hydrogen) atoms. The van der Waals surface area contributed by atoms with Gasteiger partial charge in [0.1, 0.15) is 6.07 Å². The van der Waals surface area contributed by atoms with E-state index in [1.807, 2.05) is 30.3 Å². The van der Waals surface area contributed by atoms with E-state index in [-0.39, 0.29) is 5.56 Å². The molecule has 0 aliphatic carbocycles. The van der Waals surface area contributed by atoms with E-state index in [0.717, 1.165) is 11.1 Å². The van der Waals surface area contributed by atoms with Crippen LogP contribution in [0.2, 0.25) is 5.02 Å². The van der Waals surface area contributed by atoms with Gasteiger partial charge in [0.15, 0.2) is 0 Å². The Labute approximate surface area is 139 Å². The maximum atomic E-state index is 12.4. The summed E-state index contributed by atoms with van der Waals surface area (Å²) in [6, 6.07) is 20.4. The quantitative estimate of drug-likeness (QED) is 0.729. The summed E-state index contributed by atoms with van der Waals surface area (Å²) in [5.41, 5.74) is 2.76. The Morgan fingerprint density at radius 2 is 1.74 bits per heavy atom. The second-order valence-electron chi connectivity index (χ2n) is 5.17. The Kier molecular flexibility index (Phi) is 4.27. The van der Waals surface area contributed by atoms with Gasteiger partial charge >= 0.3 is 0 Å². The Balaban J connectivity index is 2.04. The molecule has 3 rings (SSSR count). The van der Waals surface area contributed by atoms with Gasteiger partial charge in [0.2, 0.25) is 0 Å². The van der Waals surface area contributed by atoms with Crippen molar-refractivity contribution in [3.63, 3.8) is 0 Å². The number of pyridine rings is 1. The van der Waals surface area contributed by atoms with E-state index in [1.165, 1.54) is 6.07 Å². The molecule has 3 nitrogen and oxygen atoms in total. The highest BCUT2D eigenvalue weighted by molar-refractivity contribution is 6.30. The van der Waals surface area contributed by atoms with Crippen LogP contribution in [0, 0.1) is 11.3 Å². The maximum Gasteiger partial charge on any atom is 0.251 e. The fourth-order valence-corrected chi connectivity index (χ4v) is 2.56. The molecule has 0 atom stereocenters. The average molecular weight is 321 g/mol. The Bertz CT molecular complexity index is 922. The summed E-state index contributed by atoms with van der Waals surface area (Å²) in [4.78, 5) is 12.4. The molecular weight excluding hydrogens is 308 g/mol. The van der Waals surface area contributed by atoms with E-state index in [9.17, 15) is 10.1 Å². The van der Waals surface area contributed by atoms with Crippen LogP contribution in [0.4, 0.5) is 0 Å². The molecule has 0 radical (unpaired) electrons. The third-order valence-corrected chi connectivity index (χ3v) is 3.85. The lowest BCUT2D eigenvalue weighted by Gasteiger charge is -2.10. The van der Waals surface area contributed by atoms with Crippen molar-refractivity contribution < 1.29 is 0 Å². The monoisotopic (exact) mass is 320 g/mol. The average Bonchev–Trinajstić information content (AvgIpc) is 2.58. The topological polar surface area (TPSA) is 45.8 Å². The van der Waals surface area contributed by atoms with Crippen LogP contribution < -0.4 is 5.56 Å². The van der Waals surface area contributed by atoms with E-state index in [0.29, 0.717) is 22.7 Å². The molecule has 112 valence electrons. The van der Waals surface area contributed by atoms with Crippen LogP contribution in [0.5, 0.6) is 0 Å². The van der Waals surface area contributed by atoms with Crippen molar-refractivity contribution >= 4 is 11.6 Å². The number of nitriles is 1. The van der Waals surface area contributed by atoms with Crippen molar-refractivity contribution in [1.82, 2.24) is 4.57 Å². The number of rotatable bonds is 3. The molecule has 0 saturated carbocycles. The highest BCUT2D eigenvalue weighted by atomic mass is 35.5. The molecule has 0 unspecified atom stereocenters. The van der Waals surface area contributed by atoms with Gasteiger partial charge in [-0.2, -0.15) is 5.26 Å². The third kappa shape index (κ3) is 3.33. The zero-order valence-corrected chi connectivity index (χ0v) is 13.0. The summed E-state index contributed by atoms with van der Waals surface area (Å²) in [7, 11) is 0. The van der Waals surface area contributed by atoms with E-state index in [4.69, 9.17) is 11.6 Å². The number of hydrogen-bond donors (Lipinski definition) is 0. The lowest BCUT2D eigenvalue weighted by molar-refractivity contribution is 0.758. The molecule has 2 aromatic carbocycles. The first-order chi connectivity index (χ1) is 11.2. The first-order valence-corrected chi connectivity index (χ1v) is 7.49. The van der Waals surface area contributed by atoms with Gasteiger partial charge in [-0.15, -0.1) is 0 Å². The minimum atomic E-state index is -0.141. The number of aromatic nitrogens is 1. The van der Waals surface area contributed by atoms with Crippen LogP contribution in [-0.4, -0.2) is 4.57 Å². The van der Waals surface area contributed by atoms with Crippen LogP contribution in [-0.2, 0) is 6.54 Å². The van der Waals surface area contributed by atoms with Crippen molar-refractivity contribution in [2.75, 3.05) is 0 Å².